The zero-order valence-electron chi connectivity index (χ0n) is 23.0. The van der Waals surface area contributed by atoms with Crippen LogP contribution in [0.1, 0.15) is 38.8 Å². The lowest BCUT2D eigenvalue weighted by Gasteiger charge is -2.33. The number of rotatable bonds is 6. The molecule has 11 heteroatoms. The summed E-state index contributed by atoms with van der Waals surface area (Å²) in [6.07, 6.45) is -2.87. The van der Waals surface area contributed by atoms with Gasteiger partial charge in [-0.05, 0) is 42.0 Å². The van der Waals surface area contributed by atoms with Crippen molar-refractivity contribution < 1.29 is 17.9 Å². The number of nitrogens with one attached hydrogen (secondary N) is 2. The third-order valence-electron chi connectivity index (χ3n) is 5.85. The van der Waals surface area contributed by atoms with Gasteiger partial charge in [-0.1, -0.05) is 45.4 Å². The summed E-state index contributed by atoms with van der Waals surface area (Å²) < 4.78 is 46.1. The Morgan fingerprint density at radius 2 is 1.77 bits per heavy atom. The summed E-state index contributed by atoms with van der Waals surface area (Å²) in [6.45, 7) is 11.9. The van der Waals surface area contributed by atoms with E-state index in [-0.39, 0.29) is 17.1 Å². The van der Waals surface area contributed by atoms with Crippen molar-refractivity contribution in [2.45, 2.75) is 40.4 Å². The third-order valence-corrected chi connectivity index (χ3v) is 6.09. The van der Waals surface area contributed by atoms with Gasteiger partial charge in [0.2, 0.25) is 0 Å². The van der Waals surface area contributed by atoms with Crippen LogP contribution in [0.2, 0.25) is 5.02 Å². The highest BCUT2D eigenvalue weighted by molar-refractivity contribution is 6.30. The third kappa shape index (κ3) is 9.18. The number of morpholine rings is 1. The van der Waals surface area contributed by atoms with E-state index in [1.807, 2.05) is 52.0 Å². The van der Waals surface area contributed by atoms with Crippen molar-refractivity contribution in [2.24, 2.45) is 11.5 Å². The second-order valence-electron chi connectivity index (χ2n) is 8.32. The number of allylic oxidation sites excluding steroid dienone is 1. The average molecular weight is 569 g/mol. The number of benzene rings is 2. The van der Waals surface area contributed by atoms with Crippen molar-refractivity contribution >= 4 is 23.0 Å². The molecule has 2 heterocycles. The molecule has 0 radical (unpaired) electrons. The summed E-state index contributed by atoms with van der Waals surface area (Å²) in [4.78, 5) is 3.98. The van der Waals surface area contributed by atoms with Crippen LogP contribution >= 0.6 is 11.6 Å². The molecule has 2 aromatic rings. The number of hydrogen-bond acceptors (Lipinski definition) is 7. The molecule has 0 bridgehead atoms. The van der Waals surface area contributed by atoms with Crippen molar-refractivity contribution in [2.75, 3.05) is 49.6 Å². The van der Waals surface area contributed by atoms with Crippen LogP contribution in [0.15, 0.2) is 65.9 Å². The molecular formula is C28H40ClF3N6O. The van der Waals surface area contributed by atoms with Crippen molar-refractivity contribution in [3.05, 3.63) is 82.0 Å². The van der Waals surface area contributed by atoms with E-state index in [0.29, 0.717) is 43.6 Å². The number of nitrogens with zero attached hydrogens (tertiary/aromatic N) is 2. The van der Waals surface area contributed by atoms with E-state index in [1.54, 1.807) is 11.0 Å². The van der Waals surface area contributed by atoms with E-state index in [9.17, 15) is 13.2 Å². The van der Waals surface area contributed by atoms with E-state index >= 15 is 0 Å². The fourth-order valence-electron chi connectivity index (χ4n) is 4.17. The Bertz CT molecular complexity index is 1120. The molecule has 2 aliphatic heterocycles. The minimum Gasteiger partial charge on any atom is -0.385 e. The van der Waals surface area contributed by atoms with Gasteiger partial charge >= 0.3 is 6.18 Å². The summed E-state index contributed by atoms with van der Waals surface area (Å²) in [5.41, 5.74) is 14.1. The lowest BCUT2D eigenvalue weighted by Crippen LogP contribution is -2.41. The van der Waals surface area contributed by atoms with Gasteiger partial charge in [-0.3, -0.25) is 0 Å². The second kappa shape index (κ2) is 15.4. The second-order valence-corrected chi connectivity index (χ2v) is 8.76. The number of halogens is 4. The number of anilines is 2. The normalized spacial score (nSPS) is 15.9. The van der Waals surface area contributed by atoms with Gasteiger partial charge < -0.3 is 36.6 Å². The minimum absolute atomic E-state index is 0.0244. The number of ether oxygens (including phenoxy) is 1. The highest BCUT2D eigenvalue weighted by atomic mass is 35.5. The van der Waals surface area contributed by atoms with Gasteiger partial charge in [0.1, 0.15) is 11.6 Å². The Hall–Kier alpha value is -3.24. The maximum atomic E-state index is 13.6. The fourth-order valence-corrected chi connectivity index (χ4v) is 4.36. The molecule has 0 aromatic heterocycles. The quantitative estimate of drug-likeness (QED) is 0.356. The number of alkyl halides is 3. The van der Waals surface area contributed by atoms with Gasteiger partial charge in [-0.15, -0.1) is 0 Å². The summed E-state index contributed by atoms with van der Waals surface area (Å²) in [7, 11) is 0. The van der Waals surface area contributed by atoms with Crippen molar-refractivity contribution in [1.29, 1.82) is 0 Å². The van der Waals surface area contributed by atoms with Crippen LogP contribution in [-0.4, -0.2) is 44.3 Å². The molecule has 0 atom stereocenters. The topological polar surface area (TPSA) is 91.8 Å². The van der Waals surface area contributed by atoms with Crippen LogP contribution in [0.5, 0.6) is 0 Å². The van der Waals surface area contributed by atoms with Crippen LogP contribution in [0.25, 0.3) is 0 Å². The van der Waals surface area contributed by atoms with Crippen LogP contribution in [0, 0.1) is 0 Å². The smallest absolute Gasteiger partial charge is 0.385 e. The van der Waals surface area contributed by atoms with Crippen LogP contribution in [0.4, 0.5) is 24.5 Å². The van der Waals surface area contributed by atoms with Gasteiger partial charge in [0, 0.05) is 55.2 Å². The zero-order valence-corrected chi connectivity index (χ0v) is 23.8. The van der Waals surface area contributed by atoms with Gasteiger partial charge in [0.25, 0.3) is 0 Å². The fraction of sp³-hybridized carbons (Fsp3) is 0.429. The largest absolute Gasteiger partial charge is 0.416 e. The Balaban J connectivity index is 0.00000127. The van der Waals surface area contributed by atoms with Gasteiger partial charge in [-0.25, -0.2) is 0 Å². The SMILES string of the molecule is CC.CC.NC1=C(/C=C(\N)Nc2cccc(N3CCOCC3)c2)N(Cc2cc(Cl)ccc2C(F)(F)F)CCN1. The van der Waals surface area contributed by atoms with Gasteiger partial charge in [0.05, 0.1) is 24.5 Å². The molecule has 1 fully saturated rings. The van der Waals surface area contributed by atoms with Gasteiger partial charge in [-0.2, -0.15) is 13.2 Å². The molecule has 39 heavy (non-hydrogen) atoms. The molecule has 0 unspecified atom stereocenters. The van der Waals surface area contributed by atoms with Crippen LogP contribution < -0.4 is 27.0 Å². The number of hydrogen-bond donors (Lipinski definition) is 4. The Morgan fingerprint density at radius 1 is 1.08 bits per heavy atom. The lowest BCUT2D eigenvalue weighted by molar-refractivity contribution is -0.138. The van der Waals surface area contributed by atoms with E-state index in [2.05, 4.69) is 15.5 Å². The molecule has 0 spiro atoms. The highest BCUT2D eigenvalue weighted by Gasteiger charge is 2.34. The van der Waals surface area contributed by atoms with Crippen molar-refractivity contribution in [3.8, 4) is 0 Å². The maximum absolute atomic E-state index is 13.6. The molecule has 2 aliphatic rings. The first-order valence-electron chi connectivity index (χ1n) is 13.2. The standard InChI is InChI=1S/C24H28ClF3N6O.2C2H6/c25-17-4-5-20(24(26,27)28)16(12-17)15-34-7-6-31-23(30)21(34)14-22(29)32-18-2-1-3-19(13-18)33-8-10-35-11-9-33;2*1-2/h1-5,12-14,31-32H,6-11,15,29-30H2;2*1-2H3/b22-14+;;. The number of nitrogens with two attached hydrogens (primary N) is 2. The zero-order chi connectivity index (χ0) is 29.0. The maximum Gasteiger partial charge on any atom is 0.416 e. The molecule has 4 rings (SSSR count). The Kier molecular flexibility index (Phi) is 12.6. The van der Waals surface area contributed by atoms with Gasteiger partial charge in [0.15, 0.2) is 0 Å². The summed E-state index contributed by atoms with van der Waals surface area (Å²) >= 11 is 6.01. The van der Waals surface area contributed by atoms with Crippen molar-refractivity contribution in [3.63, 3.8) is 0 Å². The predicted octanol–water partition coefficient (Wildman–Crippen LogP) is 5.69. The molecule has 7 nitrogen and oxygen atoms in total. The minimum atomic E-state index is -4.49. The average Bonchev–Trinajstić information content (AvgIpc) is 2.93. The van der Waals surface area contributed by atoms with E-state index in [4.69, 9.17) is 27.8 Å². The van der Waals surface area contributed by atoms with E-state index in [1.165, 1.54) is 12.1 Å². The monoisotopic (exact) mass is 568 g/mol. The predicted molar refractivity (Wildman–Crippen MR) is 154 cm³/mol. The summed E-state index contributed by atoms with van der Waals surface area (Å²) in [6, 6.07) is 11.4. The Morgan fingerprint density at radius 3 is 2.44 bits per heavy atom. The Labute approximate surface area is 234 Å². The molecule has 1 saturated heterocycles. The molecule has 6 N–H and O–H groups in total. The first-order chi connectivity index (χ1) is 18.7. The lowest BCUT2D eigenvalue weighted by atomic mass is 10.1. The highest BCUT2D eigenvalue weighted by Crippen LogP contribution is 2.34. The molecule has 0 amide bonds. The summed E-state index contributed by atoms with van der Waals surface area (Å²) in [5.74, 6) is 0.636. The first kappa shape index (κ1) is 32.0. The van der Waals surface area contributed by atoms with Crippen LogP contribution in [0.3, 0.4) is 0 Å². The molecule has 0 aliphatic carbocycles. The molecule has 2 aromatic carbocycles. The molecule has 216 valence electrons. The van der Waals surface area contributed by atoms with E-state index < -0.39 is 11.7 Å². The molecule has 0 saturated carbocycles. The summed E-state index contributed by atoms with van der Waals surface area (Å²) in [5, 5.41) is 6.44. The first-order valence-corrected chi connectivity index (χ1v) is 13.6. The van der Waals surface area contributed by atoms with Crippen molar-refractivity contribution in [1.82, 2.24) is 10.2 Å². The van der Waals surface area contributed by atoms with E-state index in [0.717, 1.165) is 30.5 Å². The molecular weight excluding hydrogens is 529 g/mol. The van der Waals surface area contributed by atoms with Crippen LogP contribution in [-0.2, 0) is 17.5 Å².